The van der Waals surface area contributed by atoms with Gasteiger partial charge in [0.05, 0.1) is 6.61 Å². The van der Waals surface area contributed by atoms with E-state index in [9.17, 15) is 5.11 Å². The summed E-state index contributed by atoms with van der Waals surface area (Å²) < 4.78 is 5.50. The molecule has 0 radical (unpaired) electrons. The Kier molecular flexibility index (Phi) is 4.39. The van der Waals surface area contributed by atoms with Crippen LogP contribution in [0.15, 0.2) is 48.5 Å². The van der Waals surface area contributed by atoms with Gasteiger partial charge in [-0.2, -0.15) is 0 Å². The predicted molar refractivity (Wildman–Crippen MR) is 73.7 cm³/mol. The van der Waals surface area contributed by atoms with Crippen LogP contribution in [0.1, 0.15) is 17.2 Å². The summed E-state index contributed by atoms with van der Waals surface area (Å²) in [6.45, 7) is 0.122. The molecule has 0 heterocycles. The third-order valence-electron chi connectivity index (χ3n) is 2.81. The Labute approximate surface area is 112 Å². The van der Waals surface area contributed by atoms with Crippen LogP contribution in [0, 0.1) is 0 Å². The highest BCUT2D eigenvalue weighted by Gasteiger charge is 2.08. The Morgan fingerprint density at radius 3 is 2.53 bits per heavy atom. The second kappa shape index (κ2) is 6.22. The van der Waals surface area contributed by atoms with Gasteiger partial charge in [-0.1, -0.05) is 24.3 Å². The molecular formula is C15H17NO3. The maximum atomic E-state index is 9.98. The van der Waals surface area contributed by atoms with Crippen LogP contribution in [0.3, 0.4) is 0 Å². The Hall–Kier alpha value is -2.04. The zero-order chi connectivity index (χ0) is 13.7. The number of nitrogen functional groups attached to an aromatic ring is 1. The molecule has 0 aromatic heterocycles. The summed E-state index contributed by atoms with van der Waals surface area (Å²) in [5, 5.41) is 19.0. The molecule has 0 amide bonds. The van der Waals surface area contributed by atoms with E-state index in [-0.39, 0.29) is 13.2 Å². The van der Waals surface area contributed by atoms with Crippen molar-refractivity contribution in [1.82, 2.24) is 0 Å². The first-order chi connectivity index (χ1) is 9.19. The van der Waals surface area contributed by atoms with Gasteiger partial charge in [0.15, 0.2) is 0 Å². The number of hydrogen-bond acceptors (Lipinski definition) is 4. The van der Waals surface area contributed by atoms with Crippen molar-refractivity contribution in [1.29, 1.82) is 0 Å². The van der Waals surface area contributed by atoms with E-state index in [1.54, 1.807) is 42.5 Å². The Morgan fingerprint density at radius 1 is 1.11 bits per heavy atom. The lowest BCUT2D eigenvalue weighted by molar-refractivity contribution is 0.108. The van der Waals surface area contributed by atoms with Crippen molar-refractivity contribution in [3.05, 3.63) is 59.7 Å². The van der Waals surface area contributed by atoms with Gasteiger partial charge >= 0.3 is 0 Å². The van der Waals surface area contributed by atoms with E-state index in [0.29, 0.717) is 11.4 Å². The third-order valence-corrected chi connectivity index (χ3v) is 2.81. The Balaban J connectivity index is 1.96. The highest BCUT2D eigenvalue weighted by molar-refractivity contribution is 5.39. The van der Waals surface area contributed by atoms with E-state index < -0.39 is 6.10 Å². The second-order valence-electron chi connectivity index (χ2n) is 4.30. The van der Waals surface area contributed by atoms with Crippen molar-refractivity contribution in [2.24, 2.45) is 0 Å². The van der Waals surface area contributed by atoms with E-state index in [2.05, 4.69) is 0 Å². The molecule has 4 N–H and O–H groups in total. The monoisotopic (exact) mass is 259 g/mol. The number of hydrogen-bond donors (Lipinski definition) is 3. The van der Waals surface area contributed by atoms with Gasteiger partial charge in [-0.15, -0.1) is 0 Å². The van der Waals surface area contributed by atoms with E-state index in [0.717, 1.165) is 11.1 Å². The van der Waals surface area contributed by atoms with Gasteiger partial charge in [-0.3, -0.25) is 0 Å². The van der Waals surface area contributed by atoms with Crippen LogP contribution in [0.5, 0.6) is 5.75 Å². The summed E-state index contributed by atoms with van der Waals surface area (Å²) in [5.74, 6) is 0.626. The Bertz CT molecular complexity index is 525. The van der Waals surface area contributed by atoms with Crippen molar-refractivity contribution in [2.45, 2.75) is 12.7 Å². The minimum atomic E-state index is -0.710. The maximum Gasteiger partial charge on any atom is 0.119 e. The number of aliphatic hydroxyl groups excluding tert-OH is 2. The van der Waals surface area contributed by atoms with Crippen molar-refractivity contribution in [3.8, 4) is 5.75 Å². The van der Waals surface area contributed by atoms with Gasteiger partial charge in [0.1, 0.15) is 18.5 Å². The number of rotatable bonds is 5. The molecule has 1 atom stereocenters. The third kappa shape index (κ3) is 3.71. The number of nitrogens with two attached hydrogens (primary N) is 1. The van der Waals surface area contributed by atoms with E-state index in [1.165, 1.54) is 0 Å². The first kappa shape index (κ1) is 13.4. The van der Waals surface area contributed by atoms with Crippen LogP contribution in [0.25, 0.3) is 0 Å². The van der Waals surface area contributed by atoms with Crippen LogP contribution in [-0.2, 0) is 6.61 Å². The molecule has 1 unspecified atom stereocenters. The molecule has 2 rings (SSSR count). The van der Waals surface area contributed by atoms with Crippen molar-refractivity contribution >= 4 is 5.69 Å². The number of aliphatic hydroxyl groups is 2. The normalized spacial score (nSPS) is 12.1. The molecule has 0 spiro atoms. The van der Waals surface area contributed by atoms with Crippen LogP contribution in [0.4, 0.5) is 5.69 Å². The van der Waals surface area contributed by atoms with Crippen molar-refractivity contribution in [2.75, 3.05) is 12.3 Å². The number of ether oxygens (including phenoxy) is 1. The summed E-state index contributed by atoms with van der Waals surface area (Å²) in [7, 11) is 0. The topological polar surface area (TPSA) is 75.7 Å². The molecule has 0 saturated heterocycles. The van der Waals surface area contributed by atoms with Gasteiger partial charge in [0.25, 0.3) is 0 Å². The van der Waals surface area contributed by atoms with Gasteiger partial charge in [0, 0.05) is 5.69 Å². The van der Waals surface area contributed by atoms with Gasteiger partial charge in [-0.25, -0.2) is 0 Å². The first-order valence-corrected chi connectivity index (χ1v) is 6.05. The van der Waals surface area contributed by atoms with Gasteiger partial charge in [-0.05, 0) is 35.4 Å². The molecule has 0 aliphatic rings. The van der Waals surface area contributed by atoms with Crippen LogP contribution in [0.2, 0.25) is 0 Å². The maximum absolute atomic E-state index is 9.98. The average molecular weight is 259 g/mol. The molecule has 2 aromatic carbocycles. The minimum Gasteiger partial charge on any atom is -0.491 e. The summed E-state index contributed by atoms with van der Waals surface area (Å²) >= 11 is 0. The molecular weight excluding hydrogens is 242 g/mol. The fraction of sp³-hybridized carbons (Fsp3) is 0.200. The van der Waals surface area contributed by atoms with E-state index in [1.807, 2.05) is 6.07 Å². The molecule has 0 aliphatic heterocycles. The molecule has 4 heteroatoms. The van der Waals surface area contributed by atoms with E-state index >= 15 is 0 Å². The highest BCUT2D eigenvalue weighted by atomic mass is 16.5. The van der Waals surface area contributed by atoms with E-state index in [4.69, 9.17) is 15.6 Å². The molecule has 19 heavy (non-hydrogen) atoms. The number of benzene rings is 2. The molecule has 2 aromatic rings. The molecule has 0 bridgehead atoms. The average Bonchev–Trinajstić information content (AvgIpc) is 2.46. The smallest absolute Gasteiger partial charge is 0.119 e. The van der Waals surface area contributed by atoms with Crippen LogP contribution < -0.4 is 10.5 Å². The lowest BCUT2D eigenvalue weighted by atomic mass is 10.1. The first-order valence-electron chi connectivity index (χ1n) is 6.05. The number of anilines is 1. The molecule has 0 aliphatic carbocycles. The van der Waals surface area contributed by atoms with Crippen LogP contribution >= 0.6 is 0 Å². The summed E-state index contributed by atoms with van der Waals surface area (Å²) in [5.41, 5.74) is 7.78. The summed E-state index contributed by atoms with van der Waals surface area (Å²) in [6.07, 6.45) is -0.710. The van der Waals surface area contributed by atoms with Crippen molar-refractivity contribution < 1.29 is 14.9 Å². The molecule has 4 nitrogen and oxygen atoms in total. The molecule has 0 fully saturated rings. The lowest BCUT2D eigenvalue weighted by Crippen LogP contribution is -2.09. The van der Waals surface area contributed by atoms with Gasteiger partial charge < -0.3 is 20.7 Å². The summed E-state index contributed by atoms with van der Waals surface area (Å²) in [6, 6.07) is 14.2. The SMILES string of the molecule is Nc1ccc(C(O)COc2cccc(CO)c2)cc1. The van der Waals surface area contributed by atoms with Gasteiger partial charge in [0.2, 0.25) is 0 Å². The summed E-state index contributed by atoms with van der Waals surface area (Å²) in [4.78, 5) is 0. The highest BCUT2D eigenvalue weighted by Crippen LogP contribution is 2.18. The molecule has 100 valence electrons. The standard InChI is InChI=1S/C15H17NO3/c16-13-6-4-12(5-7-13)15(18)10-19-14-3-1-2-11(8-14)9-17/h1-8,15,17-18H,9-10,16H2. The van der Waals surface area contributed by atoms with Crippen molar-refractivity contribution in [3.63, 3.8) is 0 Å². The zero-order valence-corrected chi connectivity index (χ0v) is 10.5. The molecule has 0 saturated carbocycles. The Morgan fingerprint density at radius 2 is 1.84 bits per heavy atom. The quantitative estimate of drug-likeness (QED) is 0.716. The minimum absolute atomic E-state index is 0.0300. The predicted octanol–water partition coefficient (Wildman–Crippen LogP) is 1.87. The fourth-order valence-corrected chi connectivity index (χ4v) is 1.72. The second-order valence-corrected chi connectivity index (χ2v) is 4.30. The lowest BCUT2D eigenvalue weighted by Gasteiger charge is -2.13. The van der Waals surface area contributed by atoms with Crippen LogP contribution in [-0.4, -0.2) is 16.8 Å². The largest absolute Gasteiger partial charge is 0.491 e. The zero-order valence-electron chi connectivity index (χ0n) is 10.5. The fourth-order valence-electron chi connectivity index (χ4n) is 1.72.